The lowest BCUT2D eigenvalue weighted by molar-refractivity contribution is 0.0702. The Morgan fingerprint density at radius 3 is 2.32 bits per heavy atom. The maximum atomic E-state index is 13.3. The third-order valence-electron chi connectivity index (χ3n) is 6.48. The molecule has 0 bridgehead atoms. The van der Waals surface area contributed by atoms with Gasteiger partial charge in [-0.2, -0.15) is 4.98 Å². The standard InChI is InChI=1S/C28H27N3O5S/c1-19-7-11-22(12-8-19)35-25-6-4-3-5-24(25)28(32)31-17-15-21(16-18-31)27-29-26(30-36-27)20-9-13-23(14-10-20)37(2,33)34/h3-14,21H,15-18H2,1-2H3. The number of aromatic nitrogens is 2. The topological polar surface area (TPSA) is 103 Å². The quantitative estimate of drug-likeness (QED) is 0.344. The molecule has 0 radical (unpaired) electrons. The van der Waals surface area contributed by atoms with Crippen LogP contribution in [-0.4, -0.2) is 48.7 Å². The first-order chi connectivity index (χ1) is 17.8. The van der Waals surface area contributed by atoms with E-state index in [1.807, 2.05) is 54.3 Å². The van der Waals surface area contributed by atoms with E-state index in [2.05, 4.69) is 10.1 Å². The number of para-hydroxylation sites is 1. The zero-order valence-electron chi connectivity index (χ0n) is 20.6. The maximum Gasteiger partial charge on any atom is 0.257 e. The number of likely N-dealkylation sites (tertiary alicyclic amines) is 1. The van der Waals surface area contributed by atoms with Gasteiger partial charge in [0.25, 0.3) is 5.91 Å². The minimum Gasteiger partial charge on any atom is -0.457 e. The van der Waals surface area contributed by atoms with Gasteiger partial charge in [-0.1, -0.05) is 35.0 Å². The Labute approximate surface area is 215 Å². The first-order valence-corrected chi connectivity index (χ1v) is 13.9. The average Bonchev–Trinajstić information content (AvgIpc) is 3.40. The molecule has 4 aromatic rings. The van der Waals surface area contributed by atoms with Gasteiger partial charge in [-0.3, -0.25) is 4.79 Å². The van der Waals surface area contributed by atoms with E-state index in [0.717, 1.165) is 5.56 Å². The number of piperidine rings is 1. The second kappa shape index (κ2) is 10.2. The maximum absolute atomic E-state index is 13.3. The SMILES string of the molecule is Cc1ccc(Oc2ccccc2C(=O)N2CCC(c3nc(-c4ccc(S(C)(=O)=O)cc4)no3)CC2)cc1. The molecule has 0 atom stereocenters. The van der Waals surface area contributed by atoms with Gasteiger partial charge < -0.3 is 14.2 Å². The molecule has 0 saturated carbocycles. The fraction of sp³-hybridized carbons (Fsp3) is 0.250. The Bertz CT molecular complexity index is 1500. The normalized spacial score (nSPS) is 14.5. The molecule has 1 aliphatic rings. The van der Waals surface area contributed by atoms with Crippen molar-refractivity contribution in [3.63, 3.8) is 0 Å². The van der Waals surface area contributed by atoms with Crippen molar-refractivity contribution in [2.24, 2.45) is 0 Å². The van der Waals surface area contributed by atoms with Crippen LogP contribution in [0.4, 0.5) is 0 Å². The molecular formula is C28H27N3O5S. The molecule has 37 heavy (non-hydrogen) atoms. The van der Waals surface area contributed by atoms with Crippen LogP contribution in [0.3, 0.4) is 0 Å². The Morgan fingerprint density at radius 1 is 0.973 bits per heavy atom. The number of amides is 1. The predicted molar refractivity (Wildman–Crippen MR) is 138 cm³/mol. The van der Waals surface area contributed by atoms with E-state index < -0.39 is 9.84 Å². The predicted octanol–water partition coefficient (Wildman–Crippen LogP) is 5.26. The number of carbonyl (C=O) groups excluding carboxylic acids is 1. The Balaban J connectivity index is 1.24. The second-order valence-corrected chi connectivity index (χ2v) is 11.2. The number of sulfone groups is 1. The summed E-state index contributed by atoms with van der Waals surface area (Å²) in [5.74, 6) is 2.12. The summed E-state index contributed by atoms with van der Waals surface area (Å²) in [7, 11) is -3.27. The van der Waals surface area contributed by atoms with Crippen molar-refractivity contribution in [1.82, 2.24) is 15.0 Å². The summed E-state index contributed by atoms with van der Waals surface area (Å²) >= 11 is 0. The van der Waals surface area contributed by atoms with Gasteiger partial charge >= 0.3 is 0 Å². The van der Waals surface area contributed by atoms with Gasteiger partial charge in [0, 0.05) is 30.8 Å². The summed E-state index contributed by atoms with van der Waals surface area (Å²) in [5.41, 5.74) is 2.34. The van der Waals surface area contributed by atoms with Crippen molar-refractivity contribution in [1.29, 1.82) is 0 Å². The second-order valence-electron chi connectivity index (χ2n) is 9.23. The summed E-state index contributed by atoms with van der Waals surface area (Å²) < 4.78 is 34.9. The fourth-order valence-electron chi connectivity index (χ4n) is 4.33. The average molecular weight is 518 g/mol. The fourth-order valence-corrected chi connectivity index (χ4v) is 4.97. The van der Waals surface area contributed by atoms with Crippen molar-refractivity contribution in [3.05, 3.63) is 89.8 Å². The van der Waals surface area contributed by atoms with Crippen LogP contribution in [-0.2, 0) is 9.84 Å². The molecule has 9 heteroatoms. The van der Waals surface area contributed by atoms with Crippen molar-refractivity contribution in [2.45, 2.75) is 30.6 Å². The smallest absolute Gasteiger partial charge is 0.257 e. The van der Waals surface area contributed by atoms with Crippen LogP contribution in [0, 0.1) is 6.92 Å². The van der Waals surface area contributed by atoms with Crippen LogP contribution >= 0.6 is 0 Å². The molecule has 0 spiro atoms. The lowest BCUT2D eigenvalue weighted by atomic mass is 9.96. The van der Waals surface area contributed by atoms with E-state index in [1.165, 1.54) is 18.4 Å². The number of rotatable bonds is 6. The van der Waals surface area contributed by atoms with Gasteiger partial charge in [-0.15, -0.1) is 0 Å². The molecular weight excluding hydrogens is 490 g/mol. The third-order valence-corrected chi connectivity index (χ3v) is 7.61. The van der Waals surface area contributed by atoms with E-state index >= 15 is 0 Å². The highest BCUT2D eigenvalue weighted by atomic mass is 32.2. The van der Waals surface area contributed by atoms with E-state index in [-0.39, 0.29) is 16.7 Å². The molecule has 2 heterocycles. The minimum atomic E-state index is -3.27. The zero-order valence-corrected chi connectivity index (χ0v) is 21.4. The van der Waals surface area contributed by atoms with Crippen molar-refractivity contribution in [2.75, 3.05) is 19.3 Å². The lowest BCUT2D eigenvalue weighted by Gasteiger charge is -2.30. The number of nitrogens with zero attached hydrogens (tertiary/aromatic N) is 3. The van der Waals surface area contributed by atoms with E-state index in [1.54, 1.807) is 18.2 Å². The van der Waals surface area contributed by atoms with Crippen LogP contribution < -0.4 is 4.74 Å². The van der Waals surface area contributed by atoms with Gasteiger partial charge in [0.15, 0.2) is 9.84 Å². The van der Waals surface area contributed by atoms with Crippen molar-refractivity contribution >= 4 is 15.7 Å². The number of aryl methyl sites for hydroxylation is 1. The molecule has 0 unspecified atom stereocenters. The molecule has 0 N–H and O–H groups in total. The largest absolute Gasteiger partial charge is 0.457 e. The van der Waals surface area contributed by atoms with Gasteiger partial charge in [0.05, 0.1) is 10.5 Å². The number of hydrogen-bond acceptors (Lipinski definition) is 7. The van der Waals surface area contributed by atoms with Crippen LogP contribution in [0.5, 0.6) is 11.5 Å². The summed E-state index contributed by atoms with van der Waals surface area (Å²) in [6.45, 7) is 3.13. The Morgan fingerprint density at radius 2 is 1.65 bits per heavy atom. The Kier molecular flexibility index (Phi) is 6.80. The van der Waals surface area contributed by atoms with Gasteiger partial charge in [-0.05, 0) is 68.3 Å². The zero-order chi connectivity index (χ0) is 26.0. The van der Waals surface area contributed by atoms with E-state index in [0.29, 0.717) is 60.3 Å². The van der Waals surface area contributed by atoms with E-state index in [9.17, 15) is 13.2 Å². The molecule has 1 saturated heterocycles. The molecule has 190 valence electrons. The summed E-state index contributed by atoms with van der Waals surface area (Å²) in [4.78, 5) is 20.0. The summed E-state index contributed by atoms with van der Waals surface area (Å²) in [5, 5.41) is 4.08. The first-order valence-electron chi connectivity index (χ1n) is 12.0. The summed E-state index contributed by atoms with van der Waals surface area (Å²) in [6.07, 6.45) is 2.56. The number of benzene rings is 3. The van der Waals surface area contributed by atoms with Crippen LogP contribution in [0.15, 0.2) is 82.2 Å². The highest BCUT2D eigenvalue weighted by Gasteiger charge is 2.29. The van der Waals surface area contributed by atoms with Gasteiger partial charge in [-0.25, -0.2) is 8.42 Å². The highest BCUT2D eigenvalue weighted by Crippen LogP contribution is 2.31. The number of carbonyl (C=O) groups is 1. The van der Waals surface area contributed by atoms with Gasteiger partial charge in [0.1, 0.15) is 11.5 Å². The van der Waals surface area contributed by atoms with Crippen molar-refractivity contribution < 1.29 is 22.5 Å². The first kappa shape index (κ1) is 24.7. The molecule has 8 nitrogen and oxygen atoms in total. The molecule has 1 aliphatic heterocycles. The molecule has 3 aromatic carbocycles. The van der Waals surface area contributed by atoms with Crippen molar-refractivity contribution in [3.8, 4) is 22.9 Å². The molecule has 1 amide bonds. The summed E-state index contributed by atoms with van der Waals surface area (Å²) in [6, 6.07) is 21.4. The van der Waals surface area contributed by atoms with E-state index in [4.69, 9.17) is 9.26 Å². The lowest BCUT2D eigenvalue weighted by Crippen LogP contribution is -2.38. The van der Waals surface area contributed by atoms with Gasteiger partial charge in [0.2, 0.25) is 11.7 Å². The minimum absolute atomic E-state index is 0.0413. The third kappa shape index (κ3) is 5.56. The molecule has 1 fully saturated rings. The monoisotopic (exact) mass is 517 g/mol. The highest BCUT2D eigenvalue weighted by molar-refractivity contribution is 7.90. The molecule has 5 rings (SSSR count). The van der Waals surface area contributed by atoms with Crippen LogP contribution in [0.25, 0.3) is 11.4 Å². The van der Waals surface area contributed by atoms with Crippen LogP contribution in [0.2, 0.25) is 0 Å². The molecule has 1 aromatic heterocycles. The molecule has 0 aliphatic carbocycles. The van der Waals surface area contributed by atoms with Crippen LogP contribution in [0.1, 0.15) is 40.6 Å². The number of ether oxygens (including phenoxy) is 1. The number of hydrogen-bond donors (Lipinski definition) is 0. The Hall–Kier alpha value is -3.98.